The van der Waals surface area contributed by atoms with Crippen molar-refractivity contribution in [3.63, 3.8) is 0 Å². The number of nitrogens with zero attached hydrogens (tertiary/aromatic N) is 5. The highest BCUT2D eigenvalue weighted by atomic mass is 16.3. The van der Waals surface area contributed by atoms with Crippen LogP contribution in [0, 0.1) is 12.8 Å². The van der Waals surface area contributed by atoms with Crippen LogP contribution in [0.5, 0.6) is 0 Å². The van der Waals surface area contributed by atoms with Gasteiger partial charge in [-0.25, -0.2) is 4.68 Å². The monoisotopic (exact) mass is 291 g/mol. The van der Waals surface area contributed by atoms with Crippen LogP contribution < -0.4 is 11.1 Å². The van der Waals surface area contributed by atoms with E-state index in [0.29, 0.717) is 5.95 Å². The summed E-state index contributed by atoms with van der Waals surface area (Å²) in [6.45, 7) is 3.38. The number of aliphatic hydroxyl groups is 1. The number of hydrogen-bond acceptors (Lipinski definition) is 6. The zero-order valence-electron chi connectivity index (χ0n) is 12.0. The van der Waals surface area contributed by atoms with Crippen LogP contribution in [0.3, 0.4) is 0 Å². The molecule has 0 radical (unpaired) electrons. The SMILES string of the molecule is Cc1c([C@@H]2[C@H](C(N)=O)[C@](C)(O)Nc3ncnn32)cnn1C. The van der Waals surface area contributed by atoms with Gasteiger partial charge in [0.15, 0.2) is 0 Å². The molecular weight excluding hydrogens is 274 g/mol. The number of rotatable bonds is 2. The molecule has 3 rings (SSSR count). The largest absolute Gasteiger partial charge is 0.370 e. The third-order valence-corrected chi connectivity index (χ3v) is 4.02. The van der Waals surface area contributed by atoms with Crippen molar-refractivity contribution in [3.05, 3.63) is 23.8 Å². The Labute approximate surface area is 120 Å². The summed E-state index contributed by atoms with van der Waals surface area (Å²) in [5.41, 5.74) is 5.64. The lowest BCUT2D eigenvalue weighted by atomic mass is 9.83. The minimum atomic E-state index is -1.53. The number of nitrogens with one attached hydrogen (secondary N) is 1. The molecule has 4 N–H and O–H groups in total. The number of nitrogens with two attached hydrogens (primary N) is 1. The Balaban J connectivity index is 2.23. The van der Waals surface area contributed by atoms with Crippen LogP contribution >= 0.6 is 0 Å². The molecule has 0 bridgehead atoms. The molecule has 1 amide bonds. The number of carbonyl (C=O) groups excluding carboxylic acids is 1. The van der Waals surface area contributed by atoms with Gasteiger partial charge in [-0.1, -0.05) is 0 Å². The van der Waals surface area contributed by atoms with E-state index in [-0.39, 0.29) is 0 Å². The minimum Gasteiger partial charge on any atom is -0.370 e. The molecule has 0 spiro atoms. The summed E-state index contributed by atoms with van der Waals surface area (Å²) in [5.74, 6) is -1.15. The predicted molar refractivity (Wildman–Crippen MR) is 73.0 cm³/mol. The lowest BCUT2D eigenvalue weighted by Crippen LogP contribution is -2.56. The number of primary amides is 1. The number of amides is 1. The summed E-state index contributed by atoms with van der Waals surface area (Å²) in [4.78, 5) is 16.0. The van der Waals surface area contributed by atoms with Crippen molar-refractivity contribution >= 4 is 11.9 Å². The quantitative estimate of drug-likeness (QED) is 0.661. The Morgan fingerprint density at radius 1 is 1.52 bits per heavy atom. The van der Waals surface area contributed by atoms with Gasteiger partial charge < -0.3 is 16.2 Å². The second-order valence-corrected chi connectivity index (χ2v) is 5.43. The van der Waals surface area contributed by atoms with Gasteiger partial charge in [-0.05, 0) is 13.8 Å². The highest BCUT2D eigenvalue weighted by Gasteiger charge is 2.49. The van der Waals surface area contributed by atoms with E-state index in [1.807, 2.05) is 6.92 Å². The third kappa shape index (κ3) is 1.88. The summed E-state index contributed by atoms with van der Waals surface area (Å²) < 4.78 is 3.25. The van der Waals surface area contributed by atoms with E-state index in [9.17, 15) is 9.90 Å². The summed E-state index contributed by atoms with van der Waals surface area (Å²) in [6, 6.07) is -0.565. The second-order valence-electron chi connectivity index (χ2n) is 5.43. The molecule has 3 heterocycles. The molecule has 0 aromatic carbocycles. The number of aryl methyl sites for hydroxylation is 1. The highest BCUT2D eigenvalue weighted by molar-refractivity contribution is 5.80. The zero-order chi connectivity index (χ0) is 15.4. The fraction of sp³-hybridized carbons (Fsp3) is 0.500. The first-order valence-electron chi connectivity index (χ1n) is 6.51. The van der Waals surface area contributed by atoms with E-state index in [2.05, 4.69) is 20.5 Å². The Morgan fingerprint density at radius 2 is 2.24 bits per heavy atom. The van der Waals surface area contributed by atoms with E-state index in [4.69, 9.17) is 5.73 Å². The standard InChI is InChI=1S/C12H17N7O2/c1-6-7(4-15-18(6)3)9-8(10(13)20)12(2,21)17-11-14-5-16-19(9)11/h4-5,8-9,21H,1-3H3,(H2,13,20)(H,14,16,17)/t8-,9-,12+/m1/s1. The number of fused-ring (bicyclic) bond motifs is 1. The molecule has 2 aromatic heterocycles. The molecule has 9 heteroatoms. The van der Waals surface area contributed by atoms with Gasteiger partial charge in [0.2, 0.25) is 11.9 Å². The van der Waals surface area contributed by atoms with Crippen LogP contribution in [-0.2, 0) is 11.8 Å². The van der Waals surface area contributed by atoms with Crippen LogP contribution in [0.25, 0.3) is 0 Å². The van der Waals surface area contributed by atoms with Gasteiger partial charge in [-0.3, -0.25) is 9.48 Å². The highest BCUT2D eigenvalue weighted by Crippen LogP contribution is 2.40. The first kappa shape index (κ1) is 13.6. The summed E-state index contributed by atoms with van der Waals surface area (Å²) >= 11 is 0. The topological polar surface area (TPSA) is 124 Å². The van der Waals surface area contributed by atoms with Gasteiger partial charge in [0.1, 0.15) is 24.0 Å². The summed E-state index contributed by atoms with van der Waals surface area (Å²) in [7, 11) is 1.81. The smallest absolute Gasteiger partial charge is 0.227 e. The normalized spacial score (nSPS) is 28.0. The molecule has 0 saturated carbocycles. The van der Waals surface area contributed by atoms with Crippen LogP contribution in [0.4, 0.5) is 5.95 Å². The lowest BCUT2D eigenvalue weighted by molar-refractivity contribution is -0.131. The third-order valence-electron chi connectivity index (χ3n) is 4.02. The number of carbonyl (C=O) groups is 1. The minimum absolute atomic E-state index is 0.380. The van der Waals surface area contributed by atoms with Crippen molar-refractivity contribution in [2.75, 3.05) is 5.32 Å². The molecule has 21 heavy (non-hydrogen) atoms. The van der Waals surface area contributed by atoms with E-state index in [1.165, 1.54) is 13.3 Å². The van der Waals surface area contributed by atoms with Gasteiger partial charge in [0.25, 0.3) is 0 Å². The maximum atomic E-state index is 11.9. The van der Waals surface area contributed by atoms with Gasteiger partial charge in [0.05, 0.1) is 6.20 Å². The van der Waals surface area contributed by atoms with Crippen LogP contribution in [0.15, 0.2) is 12.5 Å². The van der Waals surface area contributed by atoms with Crippen molar-refractivity contribution in [3.8, 4) is 0 Å². The molecular formula is C12H17N7O2. The first-order valence-corrected chi connectivity index (χ1v) is 6.51. The Kier molecular flexibility index (Phi) is 2.77. The van der Waals surface area contributed by atoms with E-state index >= 15 is 0 Å². The Hall–Kier alpha value is -2.42. The van der Waals surface area contributed by atoms with Crippen molar-refractivity contribution in [1.82, 2.24) is 24.5 Å². The second kappa shape index (κ2) is 4.29. The molecule has 1 aliphatic rings. The van der Waals surface area contributed by atoms with Crippen molar-refractivity contribution < 1.29 is 9.90 Å². The van der Waals surface area contributed by atoms with Crippen LogP contribution in [0.1, 0.15) is 24.2 Å². The molecule has 1 aliphatic heterocycles. The van der Waals surface area contributed by atoms with Crippen molar-refractivity contribution in [1.29, 1.82) is 0 Å². The molecule has 0 aliphatic carbocycles. The Morgan fingerprint density at radius 3 is 2.81 bits per heavy atom. The fourth-order valence-corrected chi connectivity index (χ4v) is 2.85. The molecule has 3 atom stereocenters. The number of anilines is 1. The lowest BCUT2D eigenvalue weighted by Gasteiger charge is -2.41. The van der Waals surface area contributed by atoms with E-state index in [1.54, 1.807) is 22.6 Å². The molecule has 9 nitrogen and oxygen atoms in total. The summed E-state index contributed by atoms with van der Waals surface area (Å²) in [5, 5.41) is 21.7. The number of aromatic nitrogens is 5. The van der Waals surface area contributed by atoms with Crippen molar-refractivity contribution in [2.45, 2.75) is 25.6 Å². The van der Waals surface area contributed by atoms with Crippen LogP contribution in [0.2, 0.25) is 0 Å². The van der Waals surface area contributed by atoms with Gasteiger partial charge in [-0.15, -0.1) is 0 Å². The molecule has 0 unspecified atom stereocenters. The van der Waals surface area contributed by atoms with Crippen molar-refractivity contribution in [2.24, 2.45) is 18.7 Å². The maximum Gasteiger partial charge on any atom is 0.227 e. The molecule has 112 valence electrons. The average molecular weight is 291 g/mol. The van der Waals surface area contributed by atoms with E-state index < -0.39 is 23.6 Å². The predicted octanol–water partition coefficient (Wildman–Crippen LogP) is -0.855. The van der Waals surface area contributed by atoms with Crippen LogP contribution in [-0.4, -0.2) is 41.3 Å². The maximum absolute atomic E-state index is 11.9. The zero-order valence-corrected chi connectivity index (χ0v) is 12.0. The van der Waals surface area contributed by atoms with Gasteiger partial charge >= 0.3 is 0 Å². The summed E-state index contributed by atoms with van der Waals surface area (Å²) in [6.07, 6.45) is 3.02. The molecule has 0 fully saturated rings. The molecule has 2 aromatic rings. The van der Waals surface area contributed by atoms with Gasteiger partial charge in [-0.2, -0.15) is 15.2 Å². The van der Waals surface area contributed by atoms with Gasteiger partial charge in [0, 0.05) is 18.3 Å². The number of hydrogen-bond donors (Lipinski definition) is 3. The van der Waals surface area contributed by atoms with E-state index in [0.717, 1.165) is 11.3 Å². The average Bonchev–Trinajstić information content (AvgIpc) is 2.94. The molecule has 0 saturated heterocycles. The first-order chi connectivity index (χ1) is 9.83. The Bertz CT molecular complexity index is 702. The fourth-order valence-electron chi connectivity index (χ4n) is 2.85.